The van der Waals surface area contributed by atoms with Crippen LogP contribution >= 0.6 is 0 Å². The molecular formula is C15H19N3O. The molecule has 0 saturated carbocycles. The molecule has 19 heavy (non-hydrogen) atoms. The second-order valence-electron chi connectivity index (χ2n) is 4.45. The Balaban J connectivity index is 1.84. The van der Waals surface area contributed by atoms with Gasteiger partial charge in [0.05, 0.1) is 6.61 Å². The number of nitrogens with two attached hydrogens (primary N) is 1. The van der Waals surface area contributed by atoms with E-state index in [9.17, 15) is 0 Å². The highest BCUT2D eigenvalue weighted by atomic mass is 16.5. The summed E-state index contributed by atoms with van der Waals surface area (Å²) in [5, 5.41) is 0. The van der Waals surface area contributed by atoms with E-state index >= 15 is 0 Å². The fraction of sp³-hybridized carbons (Fsp3) is 0.333. The van der Waals surface area contributed by atoms with E-state index in [1.807, 2.05) is 37.5 Å². The van der Waals surface area contributed by atoms with Gasteiger partial charge in [0.25, 0.3) is 0 Å². The van der Waals surface area contributed by atoms with Crippen LogP contribution in [0.15, 0.2) is 36.8 Å². The number of aryl methyl sites for hydroxylation is 2. The van der Waals surface area contributed by atoms with E-state index < -0.39 is 0 Å². The Bertz CT molecular complexity index is 514. The van der Waals surface area contributed by atoms with Crippen LogP contribution < -0.4 is 10.5 Å². The highest BCUT2D eigenvalue weighted by Crippen LogP contribution is 2.18. The molecule has 0 aliphatic heterocycles. The van der Waals surface area contributed by atoms with Gasteiger partial charge in [0.1, 0.15) is 5.75 Å². The largest absolute Gasteiger partial charge is 0.493 e. The first kappa shape index (κ1) is 13.5. The number of nitrogens with zero attached hydrogens (tertiary/aromatic N) is 2. The Morgan fingerprint density at radius 1 is 1.26 bits per heavy atom. The highest BCUT2D eigenvalue weighted by molar-refractivity contribution is 5.32. The lowest BCUT2D eigenvalue weighted by Crippen LogP contribution is -2.05. The van der Waals surface area contributed by atoms with E-state index in [0.29, 0.717) is 13.2 Å². The molecule has 2 aromatic heterocycles. The molecule has 2 aromatic rings. The van der Waals surface area contributed by atoms with Crippen molar-refractivity contribution in [2.45, 2.75) is 26.3 Å². The van der Waals surface area contributed by atoms with Crippen LogP contribution in [0.3, 0.4) is 0 Å². The maximum absolute atomic E-state index is 5.79. The van der Waals surface area contributed by atoms with Gasteiger partial charge in [0.15, 0.2) is 0 Å². The van der Waals surface area contributed by atoms with E-state index in [1.54, 1.807) is 6.20 Å². The normalized spacial score (nSPS) is 10.4. The van der Waals surface area contributed by atoms with E-state index in [0.717, 1.165) is 29.8 Å². The molecule has 0 saturated heterocycles. The van der Waals surface area contributed by atoms with E-state index in [1.165, 1.54) is 5.56 Å². The molecule has 0 fully saturated rings. The summed E-state index contributed by atoms with van der Waals surface area (Å²) < 4.78 is 5.79. The highest BCUT2D eigenvalue weighted by Gasteiger charge is 2.03. The smallest absolute Gasteiger partial charge is 0.127 e. The molecule has 4 nitrogen and oxygen atoms in total. The zero-order valence-corrected chi connectivity index (χ0v) is 11.2. The number of aromatic nitrogens is 2. The lowest BCUT2D eigenvalue weighted by Gasteiger charge is -2.10. The molecule has 0 radical (unpaired) electrons. The predicted molar refractivity (Wildman–Crippen MR) is 74.9 cm³/mol. The summed E-state index contributed by atoms with van der Waals surface area (Å²) in [6.45, 7) is 3.08. The van der Waals surface area contributed by atoms with Crippen molar-refractivity contribution in [3.63, 3.8) is 0 Å². The van der Waals surface area contributed by atoms with Gasteiger partial charge in [0.2, 0.25) is 0 Å². The molecule has 2 rings (SSSR count). The molecule has 0 aromatic carbocycles. The van der Waals surface area contributed by atoms with E-state index in [2.05, 4.69) is 9.97 Å². The molecule has 0 aliphatic rings. The standard InChI is InChI=1S/C15H19N3O/c1-12-9-15(14(10-16)11-18-12)19-8-2-3-13-4-6-17-7-5-13/h4-7,9,11H,2-3,8,10,16H2,1H3. The summed E-state index contributed by atoms with van der Waals surface area (Å²) in [4.78, 5) is 8.22. The first-order chi connectivity index (χ1) is 9.29. The first-order valence-corrected chi connectivity index (χ1v) is 6.47. The van der Waals surface area contributed by atoms with Crippen LogP contribution in [0, 0.1) is 6.92 Å². The quantitative estimate of drug-likeness (QED) is 0.806. The second-order valence-corrected chi connectivity index (χ2v) is 4.45. The summed E-state index contributed by atoms with van der Waals surface area (Å²) >= 11 is 0. The van der Waals surface area contributed by atoms with Crippen molar-refractivity contribution in [2.75, 3.05) is 6.61 Å². The molecule has 0 atom stereocenters. The molecule has 0 amide bonds. The van der Waals surface area contributed by atoms with Gasteiger partial charge in [0, 0.05) is 42.5 Å². The topological polar surface area (TPSA) is 61.0 Å². The minimum atomic E-state index is 0.451. The predicted octanol–water partition coefficient (Wildman–Crippen LogP) is 2.26. The van der Waals surface area contributed by atoms with Crippen molar-refractivity contribution in [1.82, 2.24) is 9.97 Å². The van der Waals surface area contributed by atoms with Crippen LogP contribution in [-0.4, -0.2) is 16.6 Å². The van der Waals surface area contributed by atoms with Crippen LogP contribution in [-0.2, 0) is 13.0 Å². The maximum Gasteiger partial charge on any atom is 0.127 e. The van der Waals surface area contributed by atoms with Crippen molar-refractivity contribution in [3.05, 3.63) is 53.6 Å². The fourth-order valence-electron chi connectivity index (χ4n) is 1.86. The monoisotopic (exact) mass is 257 g/mol. The third-order valence-electron chi connectivity index (χ3n) is 2.92. The zero-order chi connectivity index (χ0) is 13.5. The van der Waals surface area contributed by atoms with Gasteiger partial charge in [-0.1, -0.05) is 0 Å². The van der Waals surface area contributed by atoms with Crippen LogP contribution in [0.1, 0.15) is 23.2 Å². The van der Waals surface area contributed by atoms with Crippen molar-refractivity contribution in [1.29, 1.82) is 0 Å². The van der Waals surface area contributed by atoms with Gasteiger partial charge in [-0.2, -0.15) is 0 Å². The van der Waals surface area contributed by atoms with Crippen molar-refractivity contribution >= 4 is 0 Å². The summed E-state index contributed by atoms with van der Waals surface area (Å²) in [6, 6.07) is 6.00. The Morgan fingerprint density at radius 3 is 2.79 bits per heavy atom. The fourth-order valence-corrected chi connectivity index (χ4v) is 1.86. The van der Waals surface area contributed by atoms with Crippen LogP contribution in [0.5, 0.6) is 5.75 Å². The molecule has 0 spiro atoms. The number of hydrogen-bond donors (Lipinski definition) is 1. The molecular weight excluding hydrogens is 238 g/mol. The summed E-state index contributed by atoms with van der Waals surface area (Å²) in [6.07, 6.45) is 7.37. The van der Waals surface area contributed by atoms with Gasteiger partial charge in [-0.3, -0.25) is 9.97 Å². The first-order valence-electron chi connectivity index (χ1n) is 6.47. The third kappa shape index (κ3) is 4.03. The average Bonchev–Trinajstić information content (AvgIpc) is 2.45. The van der Waals surface area contributed by atoms with Gasteiger partial charge >= 0.3 is 0 Å². The summed E-state index contributed by atoms with van der Waals surface area (Å²) in [7, 11) is 0. The van der Waals surface area contributed by atoms with Crippen LogP contribution in [0.25, 0.3) is 0 Å². The number of hydrogen-bond acceptors (Lipinski definition) is 4. The van der Waals surface area contributed by atoms with Crippen molar-refractivity contribution in [2.24, 2.45) is 5.73 Å². The summed E-state index contributed by atoms with van der Waals surface area (Å²) in [5.74, 6) is 0.852. The Labute approximate surface area is 113 Å². The van der Waals surface area contributed by atoms with E-state index in [-0.39, 0.29) is 0 Å². The second kappa shape index (κ2) is 6.85. The Hall–Kier alpha value is -1.94. The SMILES string of the molecule is Cc1cc(OCCCc2ccncc2)c(CN)cn1. The Kier molecular flexibility index (Phi) is 4.86. The minimum Gasteiger partial charge on any atom is -0.493 e. The third-order valence-corrected chi connectivity index (χ3v) is 2.92. The lowest BCUT2D eigenvalue weighted by atomic mass is 10.1. The van der Waals surface area contributed by atoms with Crippen LogP contribution in [0.2, 0.25) is 0 Å². The molecule has 0 aliphatic carbocycles. The number of pyridine rings is 2. The van der Waals surface area contributed by atoms with Crippen molar-refractivity contribution < 1.29 is 4.74 Å². The van der Waals surface area contributed by atoms with Crippen molar-refractivity contribution in [3.8, 4) is 5.75 Å². The maximum atomic E-state index is 5.79. The zero-order valence-electron chi connectivity index (χ0n) is 11.2. The number of ether oxygens (including phenoxy) is 1. The van der Waals surface area contributed by atoms with Gasteiger partial charge in [-0.15, -0.1) is 0 Å². The van der Waals surface area contributed by atoms with Gasteiger partial charge in [-0.05, 0) is 37.5 Å². The molecule has 2 N–H and O–H groups in total. The van der Waals surface area contributed by atoms with Gasteiger partial charge < -0.3 is 10.5 Å². The molecule has 0 unspecified atom stereocenters. The summed E-state index contributed by atoms with van der Waals surface area (Å²) in [5.41, 5.74) is 8.85. The average molecular weight is 257 g/mol. The van der Waals surface area contributed by atoms with E-state index in [4.69, 9.17) is 10.5 Å². The number of rotatable bonds is 6. The van der Waals surface area contributed by atoms with Crippen LogP contribution in [0.4, 0.5) is 0 Å². The Morgan fingerprint density at radius 2 is 2.05 bits per heavy atom. The lowest BCUT2D eigenvalue weighted by molar-refractivity contribution is 0.307. The molecule has 0 bridgehead atoms. The van der Waals surface area contributed by atoms with Gasteiger partial charge in [-0.25, -0.2) is 0 Å². The minimum absolute atomic E-state index is 0.451. The molecule has 100 valence electrons. The molecule has 2 heterocycles. The molecule has 4 heteroatoms.